The molecule has 12 nitrogen and oxygen atoms in total. The van der Waals surface area contributed by atoms with Crippen molar-refractivity contribution in [2.24, 2.45) is 5.92 Å². The van der Waals surface area contributed by atoms with Crippen molar-refractivity contribution >= 4 is 29.7 Å². The lowest BCUT2D eigenvalue weighted by molar-refractivity contribution is -0.137. The SMILES string of the molecule is CCC(=O)N[C@H](Cc1ccc(NC[C@](C=O)(NC(=O)c2c(CO)noc2C)C2CCCCC2)c(F)c1)C(=O)N1CCN(C)CC1. The highest BCUT2D eigenvalue weighted by Gasteiger charge is 2.42. The van der Waals surface area contributed by atoms with Gasteiger partial charge in [0.2, 0.25) is 11.8 Å². The van der Waals surface area contributed by atoms with Gasteiger partial charge in [-0.2, -0.15) is 0 Å². The van der Waals surface area contributed by atoms with E-state index in [1.807, 2.05) is 7.05 Å². The number of carbonyl (C=O) groups excluding carboxylic acids is 4. The Morgan fingerprint density at radius 2 is 1.89 bits per heavy atom. The molecule has 1 saturated carbocycles. The molecule has 3 amide bonds. The number of anilines is 1. The largest absolute Gasteiger partial charge is 0.390 e. The molecule has 1 aromatic carbocycles. The van der Waals surface area contributed by atoms with Crippen LogP contribution in [0.5, 0.6) is 0 Å². The monoisotopic (exact) mass is 628 g/mol. The van der Waals surface area contributed by atoms with Crippen molar-refractivity contribution in [2.75, 3.05) is 45.1 Å². The third kappa shape index (κ3) is 8.26. The molecular weight excluding hydrogens is 583 g/mol. The second-order valence-electron chi connectivity index (χ2n) is 12.1. The van der Waals surface area contributed by atoms with E-state index in [-0.39, 0.29) is 59.8 Å². The molecule has 246 valence electrons. The average molecular weight is 629 g/mol. The van der Waals surface area contributed by atoms with Crippen LogP contribution in [0, 0.1) is 18.7 Å². The molecule has 0 spiro atoms. The molecule has 1 aromatic heterocycles. The van der Waals surface area contributed by atoms with Crippen molar-refractivity contribution in [3.05, 3.63) is 46.6 Å². The molecule has 1 aliphatic carbocycles. The molecule has 0 unspecified atom stereocenters. The van der Waals surface area contributed by atoms with E-state index in [2.05, 4.69) is 26.0 Å². The summed E-state index contributed by atoms with van der Waals surface area (Å²) in [5.74, 6) is -1.62. The Bertz CT molecular complexity index is 1350. The molecule has 1 aliphatic heterocycles. The maximum atomic E-state index is 15.5. The van der Waals surface area contributed by atoms with Gasteiger partial charge < -0.3 is 40.2 Å². The number of aliphatic hydroxyl groups excluding tert-OH is 1. The number of aryl methyl sites for hydroxylation is 1. The Labute approximate surface area is 263 Å². The van der Waals surface area contributed by atoms with Gasteiger partial charge in [0, 0.05) is 45.6 Å². The van der Waals surface area contributed by atoms with Crippen LogP contribution in [0.1, 0.15) is 72.8 Å². The summed E-state index contributed by atoms with van der Waals surface area (Å²) >= 11 is 0. The fraction of sp³-hybridized carbons (Fsp3) is 0.594. The molecule has 2 atom stereocenters. The number of carbonyl (C=O) groups is 4. The van der Waals surface area contributed by atoms with E-state index in [0.717, 1.165) is 32.4 Å². The number of hydrogen-bond donors (Lipinski definition) is 4. The normalized spacial score (nSPS) is 18.1. The van der Waals surface area contributed by atoms with Gasteiger partial charge in [-0.1, -0.05) is 37.4 Å². The van der Waals surface area contributed by atoms with E-state index in [9.17, 15) is 24.3 Å². The number of likely N-dealkylation sites (N-methyl/N-ethyl adjacent to an activating group) is 1. The summed E-state index contributed by atoms with van der Waals surface area (Å²) in [6, 6.07) is 3.72. The quantitative estimate of drug-likeness (QED) is 0.244. The van der Waals surface area contributed by atoms with Crippen molar-refractivity contribution < 1.29 is 33.2 Å². The number of amides is 3. The summed E-state index contributed by atoms with van der Waals surface area (Å²) in [7, 11) is 1.99. The number of rotatable bonds is 13. The van der Waals surface area contributed by atoms with Gasteiger partial charge in [0.05, 0.1) is 12.3 Å². The van der Waals surface area contributed by atoms with Gasteiger partial charge >= 0.3 is 0 Å². The predicted octanol–water partition coefficient (Wildman–Crippen LogP) is 2.19. The molecule has 1 saturated heterocycles. The van der Waals surface area contributed by atoms with Crippen LogP contribution in [0.4, 0.5) is 10.1 Å². The zero-order valence-electron chi connectivity index (χ0n) is 26.4. The van der Waals surface area contributed by atoms with Gasteiger partial charge in [-0.25, -0.2) is 4.39 Å². The highest BCUT2D eigenvalue weighted by molar-refractivity contribution is 5.98. The summed E-state index contributed by atoms with van der Waals surface area (Å²) < 4.78 is 20.6. The van der Waals surface area contributed by atoms with Gasteiger partial charge in [-0.3, -0.25) is 14.4 Å². The number of nitrogens with one attached hydrogen (secondary N) is 3. The molecule has 45 heavy (non-hydrogen) atoms. The van der Waals surface area contributed by atoms with E-state index in [0.29, 0.717) is 37.8 Å². The Balaban J connectivity index is 1.51. The summed E-state index contributed by atoms with van der Waals surface area (Å²) in [4.78, 5) is 55.6. The predicted molar refractivity (Wildman–Crippen MR) is 165 cm³/mol. The minimum atomic E-state index is -1.36. The first-order valence-electron chi connectivity index (χ1n) is 15.7. The maximum absolute atomic E-state index is 15.5. The zero-order chi connectivity index (χ0) is 32.6. The van der Waals surface area contributed by atoms with Crippen molar-refractivity contribution in [1.29, 1.82) is 0 Å². The molecule has 2 fully saturated rings. The summed E-state index contributed by atoms with van der Waals surface area (Å²) in [6.45, 7) is 5.27. The first-order valence-corrected chi connectivity index (χ1v) is 15.7. The van der Waals surface area contributed by atoms with Crippen molar-refractivity contribution in [2.45, 2.75) is 77.0 Å². The van der Waals surface area contributed by atoms with Crippen LogP contribution >= 0.6 is 0 Å². The fourth-order valence-electron chi connectivity index (χ4n) is 6.22. The minimum Gasteiger partial charge on any atom is -0.390 e. The lowest BCUT2D eigenvalue weighted by Gasteiger charge is -2.39. The van der Waals surface area contributed by atoms with Crippen LogP contribution in [0.2, 0.25) is 0 Å². The van der Waals surface area contributed by atoms with Crippen molar-refractivity contribution in [1.82, 2.24) is 25.6 Å². The first-order chi connectivity index (χ1) is 21.6. The van der Waals surface area contributed by atoms with Gasteiger partial charge in [0.15, 0.2) is 0 Å². The van der Waals surface area contributed by atoms with Crippen LogP contribution in [-0.4, -0.2) is 95.4 Å². The topological polar surface area (TPSA) is 157 Å². The van der Waals surface area contributed by atoms with Crippen LogP contribution in [-0.2, 0) is 27.4 Å². The maximum Gasteiger partial charge on any atom is 0.257 e. The third-order valence-electron chi connectivity index (χ3n) is 9.01. The van der Waals surface area contributed by atoms with Crippen LogP contribution in [0.15, 0.2) is 22.7 Å². The van der Waals surface area contributed by atoms with E-state index < -0.39 is 29.9 Å². The van der Waals surface area contributed by atoms with Crippen molar-refractivity contribution in [3.63, 3.8) is 0 Å². The van der Waals surface area contributed by atoms with Crippen LogP contribution in [0.3, 0.4) is 0 Å². The molecule has 2 aromatic rings. The molecule has 4 N–H and O–H groups in total. The first kappa shape index (κ1) is 34.0. The van der Waals surface area contributed by atoms with E-state index in [4.69, 9.17) is 4.52 Å². The smallest absolute Gasteiger partial charge is 0.257 e. The molecule has 4 rings (SSSR count). The standard InChI is InChI=1S/C32H45FN6O6/c1-4-28(42)35-26(31(44)39-14-12-38(3)13-15-39)17-22-10-11-25(24(33)16-22)34-19-32(20-41,23-8-6-5-7-9-23)36-30(43)29-21(2)45-37-27(29)18-40/h10-11,16,20,23,26,34,40H,4-9,12-15,17-19H2,1-3H3,(H,35,42)(H,36,43)/t26-,32-/m1/s1. The van der Waals surface area contributed by atoms with Crippen LogP contribution < -0.4 is 16.0 Å². The van der Waals surface area contributed by atoms with Gasteiger partial charge in [-0.15, -0.1) is 0 Å². The molecule has 0 bridgehead atoms. The van der Waals surface area contributed by atoms with Gasteiger partial charge in [-0.05, 0) is 50.4 Å². The number of nitrogens with zero attached hydrogens (tertiary/aromatic N) is 3. The van der Waals surface area contributed by atoms with Gasteiger partial charge in [0.25, 0.3) is 5.91 Å². The third-order valence-corrected chi connectivity index (χ3v) is 9.01. The lowest BCUT2D eigenvalue weighted by Crippen LogP contribution is -2.60. The molecular formula is C32H45FN6O6. The highest BCUT2D eigenvalue weighted by atomic mass is 19.1. The van der Waals surface area contributed by atoms with Gasteiger partial charge in [0.1, 0.15) is 40.7 Å². The lowest BCUT2D eigenvalue weighted by atomic mass is 9.75. The molecule has 0 radical (unpaired) electrons. The number of aldehydes is 1. The molecule has 13 heteroatoms. The molecule has 2 aliphatic rings. The minimum absolute atomic E-state index is 0.0704. The number of piperazine rings is 1. The highest BCUT2D eigenvalue weighted by Crippen LogP contribution is 2.33. The Morgan fingerprint density at radius 1 is 1.18 bits per heavy atom. The average Bonchev–Trinajstić information content (AvgIpc) is 3.44. The van der Waals surface area contributed by atoms with Crippen LogP contribution in [0.25, 0.3) is 0 Å². The Hall–Kier alpha value is -3.84. The summed E-state index contributed by atoms with van der Waals surface area (Å²) in [5.41, 5.74) is -0.548. The Kier molecular flexibility index (Phi) is 11.7. The Morgan fingerprint density at radius 3 is 2.51 bits per heavy atom. The number of hydrogen-bond acceptors (Lipinski definition) is 9. The number of halogens is 1. The summed E-state index contributed by atoms with van der Waals surface area (Å²) in [6.07, 6.45) is 5.30. The number of benzene rings is 1. The van der Waals surface area contributed by atoms with Crippen molar-refractivity contribution in [3.8, 4) is 0 Å². The van der Waals surface area contributed by atoms with E-state index in [1.54, 1.807) is 24.8 Å². The summed E-state index contributed by atoms with van der Waals surface area (Å²) in [5, 5.41) is 22.1. The second kappa shape index (κ2) is 15.4. The van der Waals surface area contributed by atoms with E-state index in [1.165, 1.54) is 12.1 Å². The number of aromatic nitrogens is 1. The van der Waals surface area contributed by atoms with E-state index >= 15 is 4.39 Å². The fourth-order valence-corrected chi connectivity index (χ4v) is 6.22. The number of aliphatic hydroxyl groups is 1. The molecule has 2 heterocycles. The second-order valence-corrected chi connectivity index (χ2v) is 12.1. The zero-order valence-corrected chi connectivity index (χ0v) is 26.4.